The van der Waals surface area contributed by atoms with Crippen LogP contribution in [0, 0.1) is 11.3 Å². The van der Waals surface area contributed by atoms with E-state index in [1.807, 2.05) is 11.0 Å². The Labute approximate surface area is 154 Å². The molecule has 1 atom stereocenters. The number of hydrogen-bond donors (Lipinski definition) is 0. The van der Waals surface area contributed by atoms with Gasteiger partial charge in [-0.3, -0.25) is 9.69 Å². The van der Waals surface area contributed by atoms with Crippen molar-refractivity contribution >= 4 is 11.7 Å². The number of piperazine rings is 2. The van der Waals surface area contributed by atoms with Gasteiger partial charge in [0.25, 0.3) is 5.91 Å². The van der Waals surface area contributed by atoms with Crippen molar-refractivity contribution in [2.45, 2.75) is 24.9 Å². The quantitative estimate of drug-likeness (QED) is 0.794. The monoisotopic (exact) mass is 354 g/mol. The van der Waals surface area contributed by atoms with Crippen LogP contribution in [0.1, 0.15) is 23.2 Å². The van der Waals surface area contributed by atoms with E-state index in [0.29, 0.717) is 24.7 Å². The Morgan fingerprint density at radius 1 is 1.19 bits per heavy atom. The lowest BCUT2D eigenvalue weighted by atomic mass is 10.1. The molecule has 2 saturated heterocycles. The van der Waals surface area contributed by atoms with Crippen molar-refractivity contribution in [3.63, 3.8) is 0 Å². The van der Waals surface area contributed by atoms with Gasteiger partial charge in [-0.1, -0.05) is 0 Å². The largest absolute Gasteiger partial charge is 0.354 e. The van der Waals surface area contributed by atoms with Crippen LogP contribution >= 0.6 is 0 Å². The number of nitriles is 1. The number of likely N-dealkylation sites (N-methyl/N-ethyl adjacent to an activating group) is 1. The molecule has 0 bridgehead atoms. The second-order valence-electron chi connectivity index (χ2n) is 7.56. The zero-order valence-corrected chi connectivity index (χ0v) is 15.3. The molecule has 1 aromatic rings. The van der Waals surface area contributed by atoms with Crippen LogP contribution in [0.5, 0.6) is 0 Å². The predicted molar refractivity (Wildman–Crippen MR) is 99.0 cm³/mol. The first-order chi connectivity index (χ1) is 12.7. The van der Waals surface area contributed by atoms with Gasteiger partial charge < -0.3 is 14.7 Å². The average molecular weight is 354 g/mol. The van der Waals surface area contributed by atoms with E-state index in [0.717, 1.165) is 38.5 Å². The van der Waals surface area contributed by atoms with Crippen LogP contribution in [0.4, 0.5) is 5.82 Å². The topological polar surface area (TPSA) is 66.7 Å². The van der Waals surface area contributed by atoms with E-state index in [-0.39, 0.29) is 11.9 Å². The molecule has 1 unspecified atom stereocenters. The molecule has 2 aliphatic heterocycles. The van der Waals surface area contributed by atoms with Crippen LogP contribution in [0.2, 0.25) is 0 Å². The maximum Gasteiger partial charge on any atom is 0.254 e. The Morgan fingerprint density at radius 3 is 2.65 bits per heavy atom. The molecule has 0 N–H and O–H groups in total. The maximum absolute atomic E-state index is 13.0. The number of carbonyl (C=O) groups excluding carboxylic acids is 1. The summed E-state index contributed by atoms with van der Waals surface area (Å²) in [6, 6.07) is 6.45. The third kappa shape index (κ3) is 3.53. The second-order valence-corrected chi connectivity index (χ2v) is 7.56. The van der Waals surface area contributed by atoms with Gasteiger partial charge in [-0.05, 0) is 32.0 Å². The molecule has 7 nitrogen and oxygen atoms in total. The molecular weight excluding hydrogens is 328 g/mol. The van der Waals surface area contributed by atoms with Crippen LogP contribution < -0.4 is 4.90 Å². The highest BCUT2D eigenvalue weighted by Gasteiger charge is 2.38. The first-order valence-electron chi connectivity index (χ1n) is 9.50. The van der Waals surface area contributed by atoms with Gasteiger partial charge in [0.1, 0.15) is 11.9 Å². The van der Waals surface area contributed by atoms with E-state index in [4.69, 9.17) is 0 Å². The van der Waals surface area contributed by atoms with Gasteiger partial charge in [0.2, 0.25) is 0 Å². The molecule has 3 fully saturated rings. The number of nitrogens with zero attached hydrogens (tertiary/aromatic N) is 6. The minimum absolute atomic E-state index is 0.0125. The highest BCUT2D eigenvalue weighted by molar-refractivity contribution is 5.95. The first-order valence-corrected chi connectivity index (χ1v) is 9.50. The molecule has 1 saturated carbocycles. The smallest absolute Gasteiger partial charge is 0.254 e. The molecule has 1 aromatic heterocycles. The number of hydrogen-bond acceptors (Lipinski definition) is 6. The van der Waals surface area contributed by atoms with Crippen molar-refractivity contribution in [2.75, 3.05) is 57.8 Å². The van der Waals surface area contributed by atoms with Gasteiger partial charge >= 0.3 is 0 Å². The molecule has 26 heavy (non-hydrogen) atoms. The summed E-state index contributed by atoms with van der Waals surface area (Å²) in [5.41, 5.74) is 0.672. The summed E-state index contributed by atoms with van der Waals surface area (Å²) < 4.78 is 0. The van der Waals surface area contributed by atoms with Crippen molar-refractivity contribution in [3.8, 4) is 6.07 Å². The number of amides is 1. The third-order valence-corrected chi connectivity index (χ3v) is 5.69. The van der Waals surface area contributed by atoms with E-state index in [1.165, 1.54) is 12.8 Å². The minimum Gasteiger partial charge on any atom is -0.354 e. The van der Waals surface area contributed by atoms with Gasteiger partial charge in [0.05, 0.1) is 6.07 Å². The molecule has 3 aliphatic rings. The van der Waals surface area contributed by atoms with E-state index >= 15 is 0 Å². The van der Waals surface area contributed by atoms with E-state index < -0.39 is 0 Å². The number of anilines is 1. The number of rotatable bonds is 3. The molecule has 7 heteroatoms. The lowest BCUT2D eigenvalue weighted by Crippen LogP contribution is -2.54. The molecule has 0 aromatic carbocycles. The highest BCUT2D eigenvalue weighted by atomic mass is 16.2. The second kappa shape index (κ2) is 7.22. The third-order valence-electron chi connectivity index (χ3n) is 5.69. The SMILES string of the molecule is CN1CCN(c2cc(C(=O)N3CCN(C4CC4)C(C#N)C3)ccn2)CC1. The highest BCUT2D eigenvalue weighted by Crippen LogP contribution is 2.30. The Hall–Kier alpha value is -2.17. The van der Waals surface area contributed by atoms with Crippen LogP contribution in [-0.2, 0) is 0 Å². The molecule has 138 valence electrons. The van der Waals surface area contributed by atoms with Crippen molar-refractivity contribution in [2.24, 2.45) is 0 Å². The van der Waals surface area contributed by atoms with Crippen molar-refractivity contribution < 1.29 is 4.79 Å². The zero-order valence-electron chi connectivity index (χ0n) is 15.3. The van der Waals surface area contributed by atoms with Crippen LogP contribution in [0.15, 0.2) is 18.3 Å². The fourth-order valence-electron chi connectivity index (χ4n) is 3.88. The van der Waals surface area contributed by atoms with Crippen molar-refractivity contribution in [1.82, 2.24) is 19.7 Å². The zero-order chi connectivity index (χ0) is 18.1. The predicted octanol–water partition coefficient (Wildman–Crippen LogP) is 0.646. The summed E-state index contributed by atoms with van der Waals surface area (Å²) in [7, 11) is 2.12. The Morgan fingerprint density at radius 2 is 1.96 bits per heavy atom. The maximum atomic E-state index is 13.0. The van der Waals surface area contributed by atoms with E-state index in [1.54, 1.807) is 12.3 Å². The standard InChI is InChI=1S/C19H26N6O/c1-22-6-8-23(9-7-22)18-12-15(4-5-21-18)19(26)24-10-11-25(16-2-3-16)17(13-20)14-24/h4-5,12,16-17H,2-3,6-11,14H2,1H3. The van der Waals surface area contributed by atoms with E-state index in [2.05, 4.69) is 32.8 Å². The molecule has 1 amide bonds. The van der Waals surface area contributed by atoms with Crippen LogP contribution in [-0.4, -0.2) is 90.5 Å². The van der Waals surface area contributed by atoms with Crippen LogP contribution in [0.3, 0.4) is 0 Å². The molecule has 1 aliphatic carbocycles. The van der Waals surface area contributed by atoms with Crippen molar-refractivity contribution in [3.05, 3.63) is 23.9 Å². The van der Waals surface area contributed by atoms with E-state index in [9.17, 15) is 10.1 Å². The van der Waals surface area contributed by atoms with Gasteiger partial charge in [-0.25, -0.2) is 4.98 Å². The normalized spacial score (nSPS) is 25.2. The van der Waals surface area contributed by atoms with Gasteiger partial charge in [0, 0.05) is 63.6 Å². The molecule has 0 radical (unpaired) electrons. The first kappa shape index (κ1) is 17.3. The average Bonchev–Trinajstić information content (AvgIpc) is 3.53. The Balaban J connectivity index is 1.45. The van der Waals surface area contributed by atoms with Gasteiger partial charge in [-0.15, -0.1) is 0 Å². The van der Waals surface area contributed by atoms with Crippen LogP contribution in [0.25, 0.3) is 0 Å². The summed E-state index contributed by atoms with van der Waals surface area (Å²) >= 11 is 0. The summed E-state index contributed by atoms with van der Waals surface area (Å²) in [4.78, 5) is 26.1. The molecular formula is C19H26N6O. The molecule has 4 rings (SSSR count). The Kier molecular flexibility index (Phi) is 4.79. The lowest BCUT2D eigenvalue weighted by molar-refractivity contribution is 0.0550. The number of pyridine rings is 1. The fraction of sp³-hybridized carbons (Fsp3) is 0.632. The summed E-state index contributed by atoms with van der Waals surface area (Å²) in [5, 5.41) is 9.49. The molecule has 0 spiro atoms. The van der Waals surface area contributed by atoms with Gasteiger partial charge in [-0.2, -0.15) is 5.26 Å². The molecule has 3 heterocycles. The number of carbonyl (C=O) groups is 1. The Bertz CT molecular complexity index is 704. The fourth-order valence-corrected chi connectivity index (χ4v) is 3.88. The summed E-state index contributed by atoms with van der Waals surface area (Å²) in [6.45, 7) is 5.86. The summed E-state index contributed by atoms with van der Waals surface area (Å²) in [6.07, 6.45) is 4.10. The minimum atomic E-state index is -0.181. The lowest BCUT2D eigenvalue weighted by Gasteiger charge is -2.38. The van der Waals surface area contributed by atoms with Gasteiger partial charge in [0.15, 0.2) is 0 Å². The number of aromatic nitrogens is 1. The summed E-state index contributed by atoms with van der Waals surface area (Å²) in [5.74, 6) is 0.885. The van der Waals surface area contributed by atoms with Crippen molar-refractivity contribution in [1.29, 1.82) is 5.26 Å².